The lowest BCUT2D eigenvalue weighted by Gasteiger charge is -2.15. The summed E-state index contributed by atoms with van der Waals surface area (Å²) >= 11 is 0. The molecule has 0 N–H and O–H groups in total. The van der Waals surface area contributed by atoms with Crippen LogP contribution in [0.25, 0.3) is 20.9 Å². The Balaban J connectivity index is 0.000000280. The summed E-state index contributed by atoms with van der Waals surface area (Å²) in [6, 6.07) is -0.707. The molecule has 0 bridgehead atoms. The Morgan fingerprint density at radius 2 is 1.57 bits per heavy atom. The minimum atomic E-state index is -0.364. The lowest BCUT2D eigenvalue weighted by molar-refractivity contribution is -0.00759. The summed E-state index contributed by atoms with van der Waals surface area (Å²) in [5.41, 5.74) is 16.2. The molecule has 144 valence electrons. The van der Waals surface area contributed by atoms with Gasteiger partial charge in [0.2, 0.25) is 0 Å². The Hall–Kier alpha value is -2.29. The molecule has 12 heteroatoms. The summed E-state index contributed by atoms with van der Waals surface area (Å²) in [5, 5.41) is 6.68. The Labute approximate surface area is 166 Å². The molecule has 2 heterocycles. The average molecular weight is 382 g/mol. The number of azide groups is 2. The SMILES string of the molecule is [B]C1CC(OCC#C)C(CN=[N+]=[N-])O1.[B]C1CC(OCN=[N+]=[N-])C(CC#C)O1. The van der Waals surface area contributed by atoms with Gasteiger partial charge in [0, 0.05) is 28.3 Å². The van der Waals surface area contributed by atoms with Gasteiger partial charge in [0.1, 0.15) is 29.0 Å². The number of hydrogen-bond acceptors (Lipinski definition) is 6. The van der Waals surface area contributed by atoms with E-state index in [4.69, 9.17) is 58.5 Å². The molecule has 0 spiro atoms. The fourth-order valence-electron chi connectivity index (χ4n) is 2.73. The molecule has 28 heavy (non-hydrogen) atoms. The van der Waals surface area contributed by atoms with Crippen LogP contribution < -0.4 is 0 Å². The highest BCUT2D eigenvalue weighted by atomic mass is 16.6. The monoisotopic (exact) mass is 382 g/mol. The summed E-state index contributed by atoms with van der Waals surface area (Å²) in [4.78, 5) is 5.22. The van der Waals surface area contributed by atoms with E-state index in [1.165, 1.54) is 0 Å². The fraction of sp³-hybridized carbons (Fsp3) is 0.750. The zero-order valence-corrected chi connectivity index (χ0v) is 15.3. The van der Waals surface area contributed by atoms with Crippen molar-refractivity contribution in [3.8, 4) is 24.7 Å². The van der Waals surface area contributed by atoms with Gasteiger partial charge in [-0.3, -0.25) is 0 Å². The molecule has 0 aromatic carbocycles. The van der Waals surface area contributed by atoms with Crippen LogP contribution in [0.1, 0.15) is 19.3 Å². The van der Waals surface area contributed by atoms with E-state index in [0.717, 1.165) is 0 Å². The predicted molar refractivity (Wildman–Crippen MR) is 103 cm³/mol. The highest BCUT2D eigenvalue weighted by Crippen LogP contribution is 2.23. The van der Waals surface area contributed by atoms with Crippen molar-refractivity contribution in [1.82, 2.24) is 0 Å². The van der Waals surface area contributed by atoms with E-state index in [1.54, 1.807) is 0 Å². The molecule has 2 aliphatic heterocycles. The summed E-state index contributed by atoms with van der Waals surface area (Å²) in [6.45, 7) is 0.422. The summed E-state index contributed by atoms with van der Waals surface area (Å²) in [5.74, 6) is 4.85. The zero-order chi connectivity index (χ0) is 20.8. The first-order valence-corrected chi connectivity index (χ1v) is 8.49. The Morgan fingerprint density at radius 1 is 0.964 bits per heavy atom. The smallest absolute Gasteiger partial charge is 0.126 e. The first-order valence-electron chi connectivity index (χ1n) is 8.49. The van der Waals surface area contributed by atoms with Crippen LogP contribution >= 0.6 is 0 Å². The van der Waals surface area contributed by atoms with Crippen molar-refractivity contribution in [3.05, 3.63) is 20.9 Å². The van der Waals surface area contributed by atoms with Crippen LogP contribution in [0.3, 0.4) is 0 Å². The van der Waals surface area contributed by atoms with Crippen LogP contribution in [0.4, 0.5) is 0 Å². The minimum absolute atomic E-state index is 0.0156. The van der Waals surface area contributed by atoms with Gasteiger partial charge >= 0.3 is 0 Å². The molecule has 2 fully saturated rings. The molecule has 6 unspecified atom stereocenters. The summed E-state index contributed by atoms with van der Waals surface area (Å²) in [6.07, 6.45) is 11.0. The second-order valence-electron chi connectivity index (χ2n) is 5.84. The normalized spacial score (nSPS) is 30.6. The summed E-state index contributed by atoms with van der Waals surface area (Å²) < 4.78 is 21.2. The maximum absolute atomic E-state index is 8.15. The molecule has 4 radical (unpaired) electrons. The van der Waals surface area contributed by atoms with Gasteiger partial charge in [-0.2, -0.15) is 0 Å². The highest BCUT2D eigenvalue weighted by Gasteiger charge is 2.33. The van der Waals surface area contributed by atoms with E-state index in [0.29, 0.717) is 19.3 Å². The van der Waals surface area contributed by atoms with Gasteiger partial charge < -0.3 is 18.9 Å². The molecule has 0 aromatic heterocycles. The Bertz CT molecular complexity index is 657. The molecule has 10 nitrogen and oxygen atoms in total. The van der Waals surface area contributed by atoms with Gasteiger partial charge in [0.05, 0.1) is 31.0 Å². The van der Waals surface area contributed by atoms with Crippen molar-refractivity contribution >= 4 is 15.7 Å². The van der Waals surface area contributed by atoms with E-state index in [1.807, 2.05) is 0 Å². The molecule has 0 aromatic rings. The maximum Gasteiger partial charge on any atom is 0.126 e. The van der Waals surface area contributed by atoms with E-state index in [-0.39, 0.29) is 56.3 Å². The van der Waals surface area contributed by atoms with E-state index >= 15 is 0 Å². The minimum Gasteiger partial charge on any atom is -0.382 e. The molecular weight excluding hydrogens is 362 g/mol. The fourth-order valence-corrected chi connectivity index (χ4v) is 2.73. The Kier molecular flexibility index (Phi) is 11.7. The van der Waals surface area contributed by atoms with Crippen LogP contribution in [0.5, 0.6) is 0 Å². The van der Waals surface area contributed by atoms with Crippen molar-refractivity contribution in [1.29, 1.82) is 0 Å². The van der Waals surface area contributed by atoms with Crippen LogP contribution in [0, 0.1) is 24.7 Å². The second kappa shape index (κ2) is 13.8. The average Bonchev–Trinajstić information content (AvgIpc) is 3.21. The van der Waals surface area contributed by atoms with E-state index in [2.05, 4.69) is 31.9 Å². The second-order valence-corrected chi connectivity index (χ2v) is 5.84. The van der Waals surface area contributed by atoms with E-state index in [9.17, 15) is 0 Å². The van der Waals surface area contributed by atoms with Gasteiger partial charge in [0.25, 0.3) is 0 Å². The standard InChI is InChI=1S/2C8H10BN3O2/c1-2-3-13-6-4-8(9)14-7(6)5-11-12-10;1-2-3-6-7(4-8(9)14-6)13-5-11-12-10/h2*1,6-8H,3-5H2. The molecule has 2 rings (SSSR count). The van der Waals surface area contributed by atoms with Gasteiger partial charge in [0.15, 0.2) is 0 Å². The third-order valence-electron chi connectivity index (χ3n) is 3.89. The zero-order valence-electron chi connectivity index (χ0n) is 15.3. The number of nitrogens with zero attached hydrogens (tertiary/aromatic N) is 6. The van der Waals surface area contributed by atoms with Gasteiger partial charge in [-0.15, -0.1) is 18.8 Å². The van der Waals surface area contributed by atoms with Crippen molar-refractivity contribution in [2.24, 2.45) is 10.2 Å². The number of rotatable bonds is 8. The van der Waals surface area contributed by atoms with Crippen molar-refractivity contribution < 1.29 is 18.9 Å². The van der Waals surface area contributed by atoms with Crippen LogP contribution in [-0.4, -0.2) is 72.0 Å². The number of terminal acetylenes is 2. The van der Waals surface area contributed by atoms with Crippen molar-refractivity contribution in [2.75, 3.05) is 19.9 Å². The van der Waals surface area contributed by atoms with E-state index < -0.39 is 0 Å². The molecular formula is C16H20B2N6O4. The van der Waals surface area contributed by atoms with Crippen LogP contribution in [0.15, 0.2) is 10.2 Å². The lowest BCUT2D eigenvalue weighted by Crippen LogP contribution is -2.27. The third kappa shape index (κ3) is 8.60. The lowest BCUT2D eigenvalue weighted by atomic mass is 9.96. The largest absolute Gasteiger partial charge is 0.382 e. The quantitative estimate of drug-likeness (QED) is 0.207. The number of hydrogen-bond donors (Lipinski definition) is 0. The Morgan fingerprint density at radius 3 is 2.14 bits per heavy atom. The van der Waals surface area contributed by atoms with Gasteiger partial charge in [-0.1, -0.05) is 16.1 Å². The van der Waals surface area contributed by atoms with Gasteiger partial charge in [-0.05, 0) is 23.9 Å². The maximum atomic E-state index is 8.15. The molecule has 0 aliphatic carbocycles. The van der Waals surface area contributed by atoms with Crippen molar-refractivity contribution in [3.63, 3.8) is 0 Å². The topological polar surface area (TPSA) is 134 Å². The van der Waals surface area contributed by atoms with Gasteiger partial charge in [-0.25, -0.2) is 0 Å². The molecule has 6 atom stereocenters. The molecule has 2 saturated heterocycles. The first-order chi connectivity index (χ1) is 13.5. The number of ether oxygens (including phenoxy) is 4. The first kappa shape index (κ1) is 23.7. The predicted octanol–water partition coefficient (Wildman–Crippen LogP) is 1.54. The molecule has 0 amide bonds. The summed E-state index contributed by atoms with van der Waals surface area (Å²) in [7, 11) is 11.1. The molecule has 2 aliphatic rings. The highest BCUT2D eigenvalue weighted by molar-refractivity contribution is 6.11. The van der Waals surface area contributed by atoms with Crippen LogP contribution in [0.2, 0.25) is 0 Å². The van der Waals surface area contributed by atoms with Crippen molar-refractivity contribution in [2.45, 2.75) is 55.7 Å². The third-order valence-corrected chi connectivity index (χ3v) is 3.89. The molecule has 0 saturated carbocycles. The van der Waals surface area contributed by atoms with Crippen LogP contribution in [-0.2, 0) is 18.9 Å².